The van der Waals surface area contributed by atoms with E-state index in [2.05, 4.69) is 0 Å². The van der Waals surface area contributed by atoms with Gasteiger partial charge >= 0.3 is 5.97 Å². The molecule has 6 nitrogen and oxygen atoms in total. The topological polar surface area (TPSA) is 77.8 Å². The van der Waals surface area contributed by atoms with Crippen molar-refractivity contribution in [3.8, 4) is 11.6 Å². The Morgan fingerprint density at radius 3 is 2.55 bits per heavy atom. The molecule has 22 heavy (non-hydrogen) atoms. The quantitative estimate of drug-likeness (QED) is 0.673. The largest absolute Gasteiger partial charge is 0.494 e. The molecule has 2 aromatic rings. The fourth-order valence-electron chi connectivity index (χ4n) is 1.98. The molecule has 0 aliphatic rings. The monoisotopic (exact) mass is 303 g/mol. The Hall–Kier alpha value is -2.76. The van der Waals surface area contributed by atoms with Gasteiger partial charge in [-0.3, -0.25) is 14.2 Å². The summed E-state index contributed by atoms with van der Waals surface area (Å²) in [5.41, 5.74) is 0.248. The Bertz CT molecular complexity index is 708. The van der Waals surface area contributed by atoms with Crippen LogP contribution in [0.1, 0.15) is 12.5 Å². The van der Waals surface area contributed by atoms with Crippen molar-refractivity contribution < 1.29 is 19.4 Å². The number of aryl methyl sites for hydroxylation is 1. The van der Waals surface area contributed by atoms with Crippen LogP contribution in [-0.4, -0.2) is 21.9 Å². The number of para-hydroxylation sites is 1. The molecule has 0 aliphatic heterocycles. The van der Waals surface area contributed by atoms with Crippen LogP contribution in [0.3, 0.4) is 0 Å². The van der Waals surface area contributed by atoms with Crippen molar-refractivity contribution in [2.45, 2.75) is 26.7 Å². The molecule has 0 bridgehead atoms. The summed E-state index contributed by atoms with van der Waals surface area (Å²) < 4.78 is 11.7. The smallest absolute Gasteiger partial charge is 0.305 e. The zero-order valence-electron chi connectivity index (χ0n) is 12.4. The molecule has 1 aromatic carbocycles. The van der Waals surface area contributed by atoms with Crippen molar-refractivity contribution in [1.29, 1.82) is 0 Å². The maximum absolute atomic E-state index is 11.9. The normalized spacial score (nSPS) is 11.7. The summed E-state index contributed by atoms with van der Waals surface area (Å²) in [7, 11) is 0. The van der Waals surface area contributed by atoms with Crippen LogP contribution in [0.4, 0.5) is 0 Å². The fraction of sp³-hybridized carbons (Fsp3) is 0.250. The van der Waals surface area contributed by atoms with Gasteiger partial charge in [0.2, 0.25) is 0 Å². The third kappa shape index (κ3) is 4.12. The fourth-order valence-corrected chi connectivity index (χ4v) is 1.98. The lowest BCUT2D eigenvalue weighted by molar-refractivity contribution is -0.162. The van der Waals surface area contributed by atoms with Crippen LogP contribution in [0.5, 0.6) is 11.6 Å². The van der Waals surface area contributed by atoms with Gasteiger partial charge in [0, 0.05) is 19.1 Å². The number of rotatable bonds is 5. The van der Waals surface area contributed by atoms with Crippen molar-refractivity contribution in [2.24, 2.45) is 0 Å². The third-order valence-electron chi connectivity index (χ3n) is 2.89. The van der Waals surface area contributed by atoms with Gasteiger partial charge in [-0.15, -0.1) is 0 Å². The molecular weight excluding hydrogens is 286 g/mol. The maximum Gasteiger partial charge on any atom is 0.305 e. The Morgan fingerprint density at radius 2 is 1.95 bits per heavy atom. The first-order chi connectivity index (χ1) is 10.5. The molecule has 0 amide bonds. The number of hydrogen-bond donors (Lipinski definition) is 1. The van der Waals surface area contributed by atoms with E-state index in [-0.39, 0.29) is 12.4 Å². The standard InChI is InChI=1S/C16H17NO5/c1-11-8-14(19)17(15(20)9-11)10-16(21-12(2)18)22-13-6-4-3-5-7-13/h3-9,16,19H,10H2,1-2H3. The van der Waals surface area contributed by atoms with Gasteiger partial charge in [0.15, 0.2) is 5.88 Å². The van der Waals surface area contributed by atoms with E-state index < -0.39 is 17.8 Å². The van der Waals surface area contributed by atoms with E-state index in [1.165, 1.54) is 19.1 Å². The van der Waals surface area contributed by atoms with Crippen molar-refractivity contribution in [2.75, 3.05) is 0 Å². The summed E-state index contributed by atoms with van der Waals surface area (Å²) in [6.45, 7) is 2.84. The van der Waals surface area contributed by atoms with Crippen molar-refractivity contribution in [3.63, 3.8) is 0 Å². The second kappa shape index (κ2) is 6.80. The van der Waals surface area contributed by atoms with Gasteiger partial charge in [0.1, 0.15) is 12.3 Å². The Labute approximate surface area is 127 Å². The van der Waals surface area contributed by atoms with Crippen molar-refractivity contribution in [3.05, 3.63) is 58.4 Å². The maximum atomic E-state index is 11.9. The van der Waals surface area contributed by atoms with E-state index in [1.807, 2.05) is 6.07 Å². The molecule has 1 heterocycles. The number of carbonyl (C=O) groups is 1. The van der Waals surface area contributed by atoms with E-state index >= 15 is 0 Å². The summed E-state index contributed by atoms with van der Waals surface area (Å²) in [6, 6.07) is 11.6. The van der Waals surface area contributed by atoms with Crippen LogP contribution in [0.25, 0.3) is 0 Å². The molecule has 1 aromatic heterocycles. The molecule has 2 rings (SSSR count). The van der Waals surface area contributed by atoms with Gasteiger partial charge < -0.3 is 14.6 Å². The van der Waals surface area contributed by atoms with Gasteiger partial charge in [-0.25, -0.2) is 0 Å². The van der Waals surface area contributed by atoms with Gasteiger partial charge in [-0.2, -0.15) is 0 Å². The van der Waals surface area contributed by atoms with E-state index in [9.17, 15) is 14.7 Å². The number of aromatic nitrogens is 1. The van der Waals surface area contributed by atoms with Crippen LogP contribution >= 0.6 is 0 Å². The number of esters is 1. The Balaban J connectivity index is 2.24. The minimum atomic E-state index is -1.02. The van der Waals surface area contributed by atoms with Crippen molar-refractivity contribution in [1.82, 2.24) is 4.57 Å². The number of hydrogen-bond acceptors (Lipinski definition) is 5. The lowest BCUT2D eigenvalue weighted by Gasteiger charge is -2.20. The molecule has 6 heteroatoms. The van der Waals surface area contributed by atoms with Crippen LogP contribution in [-0.2, 0) is 16.1 Å². The third-order valence-corrected chi connectivity index (χ3v) is 2.89. The van der Waals surface area contributed by atoms with Crippen LogP contribution in [0, 0.1) is 6.92 Å². The molecule has 0 saturated heterocycles. The summed E-state index contributed by atoms with van der Waals surface area (Å²) in [5.74, 6) is -0.257. The van der Waals surface area contributed by atoms with Gasteiger partial charge in [-0.1, -0.05) is 18.2 Å². The summed E-state index contributed by atoms with van der Waals surface area (Å²) >= 11 is 0. The second-order valence-corrected chi connectivity index (χ2v) is 4.81. The van der Waals surface area contributed by atoms with E-state index in [0.717, 1.165) is 4.57 Å². The molecule has 0 fully saturated rings. The first-order valence-corrected chi connectivity index (χ1v) is 6.75. The first kappa shape index (κ1) is 15.6. The zero-order valence-corrected chi connectivity index (χ0v) is 12.4. The minimum absolute atomic E-state index is 0.112. The first-order valence-electron chi connectivity index (χ1n) is 6.75. The molecule has 1 atom stereocenters. The molecule has 0 spiro atoms. The Kier molecular flexibility index (Phi) is 4.83. The average molecular weight is 303 g/mol. The second-order valence-electron chi connectivity index (χ2n) is 4.81. The average Bonchev–Trinajstić information content (AvgIpc) is 2.43. The van der Waals surface area contributed by atoms with Crippen LogP contribution in [0.15, 0.2) is 47.3 Å². The Morgan fingerprint density at radius 1 is 1.27 bits per heavy atom. The lowest BCUT2D eigenvalue weighted by atomic mass is 10.3. The minimum Gasteiger partial charge on any atom is -0.494 e. The van der Waals surface area contributed by atoms with E-state index in [0.29, 0.717) is 11.3 Å². The molecule has 1 unspecified atom stereocenters. The highest BCUT2D eigenvalue weighted by Crippen LogP contribution is 2.15. The predicted molar refractivity (Wildman–Crippen MR) is 79.7 cm³/mol. The highest BCUT2D eigenvalue weighted by Gasteiger charge is 2.17. The number of pyridine rings is 1. The van der Waals surface area contributed by atoms with E-state index in [1.54, 1.807) is 31.2 Å². The molecule has 1 N–H and O–H groups in total. The zero-order chi connectivity index (χ0) is 16.1. The molecular formula is C16H17NO5. The van der Waals surface area contributed by atoms with Gasteiger partial charge in [-0.05, 0) is 24.6 Å². The number of ether oxygens (including phenoxy) is 2. The van der Waals surface area contributed by atoms with Crippen molar-refractivity contribution >= 4 is 5.97 Å². The van der Waals surface area contributed by atoms with Gasteiger partial charge in [0.25, 0.3) is 11.8 Å². The van der Waals surface area contributed by atoms with E-state index in [4.69, 9.17) is 9.47 Å². The highest BCUT2D eigenvalue weighted by atomic mass is 16.7. The highest BCUT2D eigenvalue weighted by molar-refractivity contribution is 5.66. The summed E-state index contributed by atoms with van der Waals surface area (Å²) in [4.78, 5) is 23.1. The lowest BCUT2D eigenvalue weighted by Crippen LogP contribution is -2.33. The molecule has 116 valence electrons. The predicted octanol–water partition coefficient (Wildman–Crippen LogP) is 1.83. The van der Waals surface area contributed by atoms with Crippen LogP contribution < -0.4 is 10.3 Å². The molecule has 0 radical (unpaired) electrons. The molecule has 0 saturated carbocycles. The number of carbonyl (C=O) groups excluding carboxylic acids is 1. The number of aromatic hydroxyl groups is 1. The SMILES string of the molecule is CC(=O)OC(Cn1c(O)cc(C)cc1=O)Oc1ccccc1. The summed E-state index contributed by atoms with van der Waals surface area (Å²) in [5, 5.41) is 9.89. The van der Waals surface area contributed by atoms with Gasteiger partial charge in [0.05, 0.1) is 0 Å². The molecule has 0 aliphatic carbocycles. The number of nitrogens with zero attached hydrogens (tertiary/aromatic N) is 1. The summed E-state index contributed by atoms with van der Waals surface area (Å²) in [6.07, 6.45) is -1.02. The van der Waals surface area contributed by atoms with Crippen LogP contribution in [0.2, 0.25) is 0 Å². The number of benzene rings is 1.